The maximum absolute atomic E-state index is 10.1. The summed E-state index contributed by atoms with van der Waals surface area (Å²) in [5, 5.41) is 10.1. The van der Waals surface area contributed by atoms with E-state index in [1.165, 1.54) is 18.4 Å². The molecule has 1 N–H and O–H groups in total. The lowest BCUT2D eigenvalue weighted by Gasteiger charge is -2.40. The van der Waals surface area contributed by atoms with E-state index < -0.39 is 5.60 Å². The Morgan fingerprint density at radius 3 is 3.17 bits per heavy atom. The van der Waals surface area contributed by atoms with Crippen LogP contribution in [0, 0.1) is 5.92 Å². The van der Waals surface area contributed by atoms with Crippen LogP contribution >= 0.6 is 11.6 Å². The van der Waals surface area contributed by atoms with Gasteiger partial charge in [0.05, 0.1) is 5.60 Å². The second kappa shape index (κ2) is 3.04. The maximum atomic E-state index is 10.1. The van der Waals surface area contributed by atoms with Gasteiger partial charge in [0.1, 0.15) is 0 Å². The minimum atomic E-state index is -0.401. The summed E-state index contributed by atoms with van der Waals surface area (Å²) in [6.07, 6.45) is 7.44. The highest BCUT2D eigenvalue weighted by Gasteiger charge is 2.37. The monoisotopic (exact) mass is 186 g/mol. The SMILES string of the molecule is O[C@]12CCC[C@H](C=C(CCl)C1)C2. The van der Waals surface area contributed by atoms with Crippen LogP contribution in [0.5, 0.6) is 0 Å². The highest BCUT2D eigenvalue weighted by molar-refractivity contribution is 6.19. The highest BCUT2D eigenvalue weighted by Crippen LogP contribution is 2.41. The fraction of sp³-hybridized carbons (Fsp3) is 0.800. The molecule has 0 radical (unpaired) electrons. The molecule has 2 heteroatoms. The second-order valence-electron chi connectivity index (χ2n) is 4.22. The zero-order chi connectivity index (χ0) is 8.60. The summed E-state index contributed by atoms with van der Waals surface area (Å²) in [7, 11) is 0. The summed E-state index contributed by atoms with van der Waals surface area (Å²) < 4.78 is 0. The fourth-order valence-electron chi connectivity index (χ4n) is 2.60. The van der Waals surface area contributed by atoms with Crippen molar-refractivity contribution >= 4 is 11.6 Å². The van der Waals surface area contributed by atoms with Crippen LogP contribution in [0.3, 0.4) is 0 Å². The van der Waals surface area contributed by atoms with Gasteiger partial charge in [-0.3, -0.25) is 0 Å². The minimum Gasteiger partial charge on any atom is -0.390 e. The van der Waals surface area contributed by atoms with Gasteiger partial charge < -0.3 is 5.11 Å². The van der Waals surface area contributed by atoms with Gasteiger partial charge in [-0.1, -0.05) is 11.6 Å². The average molecular weight is 187 g/mol. The first-order chi connectivity index (χ1) is 5.72. The summed E-state index contributed by atoms with van der Waals surface area (Å²) in [5.41, 5.74) is 0.845. The van der Waals surface area contributed by atoms with Crippen LogP contribution in [0.25, 0.3) is 0 Å². The number of hydrogen-bond donors (Lipinski definition) is 1. The highest BCUT2D eigenvalue weighted by atomic mass is 35.5. The number of alkyl halides is 1. The van der Waals surface area contributed by atoms with E-state index in [-0.39, 0.29) is 0 Å². The Bertz CT molecular complexity index is 212. The van der Waals surface area contributed by atoms with E-state index in [4.69, 9.17) is 11.6 Å². The van der Waals surface area contributed by atoms with Crippen LogP contribution in [0.2, 0.25) is 0 Å². The molecule has 12 heavy (non-hydrogen) atoms. The number of halogens is 1. The molecule has 0 aliphatic heterocycles. The van der Waals surface area contributed by atoms with Gasteiger partial charge >= 0.3 is 0 Å². The summed E-state index contributed by atoms with van der Waals surface area (Å²) in [4.78, 5) is 0. The molecule has 0 unspecified atom stereocenters. The molecule has 0 aromatic heterocycles. The van der Waals surface area contributed by atoms with Crippen molar-refractivity contribution < 1.29 is 5.11 Å². The third-order valence-corrected chi connectivity index (χ3v) is 3.40. The molecule has 0 amide bonds. The molecule has 0 aromatic rings. The summed E-state index contributed by atoms with van der Waals surface area (Å²) >= 11 is 5.77. The lowest BCUT2D eigenvalue weighted by molar-refractivity contribution is -0.0144. The molecule has 2 rings (SSSR count). The van der Waals surface area contributed by atoms with Crippen molar-refractivity contribution in [2.75, 3.05) is 5.88 Å². The quantitative estimate of drug-likeness (QED) is 0.493. The van der Waals surface area contributed by atoms with Crippen LogP contribution in [0.1, 0.15) is 32.1 Å². The van der Waals surface area contributed by atoms with E-state index in [1.807, 2.05) is 0 Å². The lowest BCUT2D eigenvalue weighted by atomic mass is 9.70. The lowest BCUT2D eigenvalue weighted by Crippen LogP contribution is -2.38. The van der Waals surface area contributed by atoms with Gasteiger partial charge in [-0.05, 0) is 38.0 Å². The van der Waals surface area contributed by atoms with Crippen LogP contribution in [0.4, 0.5) is 0 Å². The first-order valence-corrected chi connectivity index (χ1v) is 5.23. The number of rotatable bonds is 1. The van der Waals surface area contributed by atoms with E-state index in [2.05, 4.69) is 6.08 Å². The van der Waals surface area contributed by atoms with Crippen LogP contribution in [-0.4, -0.2) is 16.6 Å². The molecular weight excluding hydrogens is 172 g/mol. The van der Waals surface area contributed by atoms with Crippen molar-refractivity contribution in [3.05, 3.63) is 11.6 Å². The van der Waals surface area contributed by atoms with E-state index in [1.54, 1.807) is 0 Å². The van der Waals surface area contributed by atoms with Crippen molar-refractivity contribution in [3.63, 3.8) is 0 Å². The Balaban J connectivity index is 2.19. The van der Waals surface area contributed by atoms with Crippen molar-refractivity contribution in [1.29, 1.82) is 0 Å². The molecule has 0 aromatic carbocycles. The van der Waals surface area contributed by atoms with Crippen LogP contribution in [-0.2, 0) is 0 Å². The molecule has 68 valence electrons. The molecule has 1 nitrogen and oxygen atoms in total. The number of hydrogen-bond acceptors (Lipinski definition) is 1. The summed E-state index contributed by atoms with van der Waals surface area (Å²) in [5.74, 6) is 1.20. The molecular formula is C10H15ClO. The van der Waals surface area contributed by atoms with Gasteiger partial charge in [0.2, 0.25) is 0 Å². The Kier molecular flexibility index (Phi) is 2.18. The topological polar surface area (TPSA) is 20.2 Å². The van der Waals surface area contributed by atoms with Crippen molar-refractivity contribution in [3.8, 4) is 0 Å². The van der Waals surface area contributed by atoms with Crippen LogP contribution in [0.15, 0.2) is 11.6 Å². The predicted octanol–water partition coefficient (Wildman–Crippen LogP) is 2.48. The molecule has 1 fully saturated rings. The van der Waals surface area contributed by atoms with Gasteiger partial charge in [-0.25, -0.2) is 0 Å². The Morgan fingerprint density at radius 2 is 2.50 bits per heavy atom. The van der Waals surface area contributed by atoms with Gasteiger partial charge in [0.15, 0.2) is 0 Å². The van der Waals surface area contributed by atoms with Gasteiger partial charge in [0, 0.05) is 5.88 Å². The van der Waals surface area contributed by atoms with E-state index in [0.29, 0.717) is 11.8 Å². The zero-order valence-corrected chi connectivity index (χ0v) is 7.98. The number of aliphatic hydroxyl groups is 1. The second-order valence-corrected chi connectivity index (χ2v) is 4.48. The van der Waals surface area contributed by atoms with E-state index in [0.717, 1.165) is 19.3 Å². The molecule has 0 spiro atoms. The zero-order valence-electron chi connectivity index (χ0n) is 7.22. The van der Waals surface area contributed by atoms with Crippen molar-refractivity contribution in [2.45, 2.75) is 37.7 Å². The smallest absolute Gasteiger partial charge is 0.0690 e. The fourth-order valence-corrected chi connectivity index (χ4v) is 2.78. The Morgan fingerprint density at radius 1 is 1.67 bits per heavy atom. The van der Waals surface area contributed by atoms with E-state index in [9.17, 15) is 5.11 Å². The number of allylic oxidation sites excluding steroid dienone is 1. The standard InChI is InChI=1S/C10H15ClO/c11-7-9-4-8-2-1-3-10(12,5-8)6-9/h4,8,12H,1-3,5-7H2/t8-,10+/m1/s1. The van der Waals surface area contributed by atoms with E-state index >= 15 is 0 Å². The van der Waals surface area contributed by atoms with Crippen LogP contribution < -0.4 is 0 Å². The first-order valence-electron chi connectivity index (χ1n) is 4.70. The molecule has 2 aliphatic carbocycles. The molecule has 0 saturated heterocycles. The summed E-state index contributed by atoms with van der Waals surface area (Å²) in [6.45, 7) is 0. The largest absolute Gasteiger partial charge is 0.390 e. The molecule has 2 aliphatic rings. The first kappa shape index (κ1) is 8.58. The Labute approximate surface area is 78.4 Å². The normalized spacial score (nSPS) is 40.8. The summed E-state index contributed by atoms with van der Waals surface area (Å²) in [6, 6.07) is 0. The molecule has 0 heterocycles. The third-order valence-electron chi connectivity index (χ3n) is 3.06. The van der Waals surface area contributed by atoms with Gasteiger partial charge in [-0.15, -0.1) is 11.6 Å². The maximum Gasteiger partial charge on any atom is 0.0690 e. The van der Waals surface area contributed by atoms with Crippen molar-refractivity contribution in [2.24, 2.45) is 5.92 Å². The molecule has 2 atom stereocenters. The molecule has 2 bridgehead atoms. The number of fused-ring (bicyclic) bond motifs is 2. The van der Waals surface area contributed by atoms with Gasteiger partial charge in [-0.2, -0.15) is 0 Å². The predicted molar refractivity (Wildman–Crippen MR) is 50.3 cm³/mol. The average Bonchev–Trinajstić information content (AvgIpc) is 2.02. The van der Waals surface area contributed by atoms with Crippen molar-refractivity contribution in [1.82, 2.24) is 0 Å². The molecule has 1 saturated carbocycles. The third kappa shape index (κ3) is 1.53. The Hall–Kier alpha value is -0.0100. The minimum absolute atomic E-state index is 0.401. The van der Waals surface area contributed by atoms with Gasteiger partial charge in [0.25, 0.3) is 0 Å².